The molecule has 94 valence electrons. The van der Waals surface area contributed by atoms with E-state index in [4.69, 9.17) is 27.9 Å². The summed E-state index contributed by atoms with van der Waals surface area (Å²) in [7, 11) is 0. The summed E-state index contributed by atoms with van der Waals surface area (Å²) in [4.78, 5) is 2.12. The van der Waals surface area contributed by atoms with E-state index in [0.717, 1.165) is 25.2 Å². The number of hydrogen-bond acceptors (Lipinski definition) is 3. The fourth-order valence-electron chi connectivity index (χ4n) is 1.65. The molecule has 0 bridgehead atoms. The van der Waals surface area contributed by atoms with Gasteiger partial charge in [-0.05, 0) is 31.5 Å². The van der Waals surface area contributed by atoms with Crippen LogP contribution >= 0.6 is 11.6 Å². The van der Waals surface area contributed by atoms with Crippen molar-refractivity contribution in [1.29, 1.82) is 5.41 Å². The van der Waals surface area contributed by atoms with Gasteiger partial charge in [0, 0.05) is 30.9 Å². The summed E-state index contributed by atoms with van der Waals surface area (Å²) in [5, 5.41) is 16.7. The molecule has 0 unspecified atom stereocenters. The number of halogens is 1. The fraction of sp³-hybridized carbons (Fsp3) is 0.417. The van der Waals surface area contributed by atoms with E-state index in [1.165, 1.54) is 0 Å². The average molecular weight is 256 g/mol. The van der Waals surface area contributed by atoms with E-state index in [-0.39, 0.29) is 12.4 Å². The molecule has 0 aliphatic rings. The van der Waals surface area contributed by atoms with Crippen LogP contribution in [0.4, 0.5) is 5.69 Å². The van der Waals surface area contributed by atoms with Gasteiger partial charge in [-0.15, -0.1) is 0 Å². The first kappa shape index (κ1) is 13.8. The van der Waals surface area contributed by atoms with Crippen LogP contribution in [0.5, 0.6) is 0 Å². The van der Waals surface area contributed by atoms with Crippen molar-refractivity contribution in [2.45, 2.75) is 13.3 Å². The van der Waals surface area contributed by atoms with Crippen molar-refractivity contribution in [3.63, 3.8) is 0 Å². The molecule has 1 aromatic carbocycles. The van der Waals surface area contributed by atoms with Crippen molar-refractivity contribution in [2.75, 3.05) is 24.6 Å². The largest absolute Gasteiger partial charge is 0.396 e. The second-order valence-corrected chi connectivity index (χ2v) is 4.14. The average Bonchev–Trinajstić information content (AvgIpc) is 2.29. The van der Waals surface area contributed by atoms with Crippen LogP contribution in [-0.4, -0.2) is 30.6 Å². The Morgan fingerprint density at radius 1 is 1.53 bits per heavy atom. The van der Waals surface area contributed by atoms with Crippen LogP contribution in [0.2, 0.25) is 5.02 Å². The van der Waals surface area contributed by atoms with E-state index in [2.05, 4.69) is 4.90 Å². The number of rotatable bonds is 6. The van der Waals surface area contributed by atoms with Crippen LogP contribution in [0.15, 0.2) is 18.2 Å². The molecule has 1 rings (SSSR count). The first-order valence-electron chi connectivity index (χ1n) is 5.60. The maximum Gasteiger partial charge on any atom is 0.124 e. The number of nitrogens with zero attached hydrogens (tertiary/aromatic N) is 1. The van der Waals surface area contributed by atoms with Crippen LogP contribution in [0.3, 0.4) is 0 Å². The van der Waals surface area contributed by atoms with Crippen LogP contribution in [0.1, 0.15) is 18.9 Å². The molecule has 1 aromatic rings. The molecule has 5 heteroatoms. The van der Waals surface area contributed by atoms with Crippen molar-refractivity contribution >= 4 is 23.1 Å². The quantitative estimate of drug-likeness (QED) is 0.536. The molecule has 0 aromatic heterocycles. The molecule has 0 heterocycles. The molecule has 0 amide bonds. The molecule has 0 fully saturated rings. The highest BCUT2D eigenvalue weighted by atomic mass is 35.5. The number of benzene rings is 1. The standard InChI is InChI=1S/C12H18ClN3O/c1-2-16(6-3-7-17)9-4-5-10(12(14)15)11(13)8-9/h4-5,8,17H,2-3,6-7H2,1H3,(H3,14,15). The van der Waals surface area contributed by atoms with Gasteiger partial charge in [-0.25, -0.2) is 0 Å². The van der Waals surface area contributed by atoms with E-state index >= 15 is 0 Å². The van der Waals surface area contributed by atoms with Crippen molar-refractivity contribution < 1.29 is 5.11 Å². The summed E-state index contributed by atoms with van der Waals surface area (Å²) in [6.45, 7) is 3.85. The predicted molar refractivity (Wildman–Crippen MR) is 72.1 cm³/mol. The third-order valence-electron chi connectivity index (χ3n) is 2.58. The van der Waals surface area contributed by atoms with Crippen molar-refractivity contribution in [2.24, 2.45) is 5.73 Å². The monoisotopic (exact) mass is 255 g/mol. The van der Waals surface area contributed by atoms with Crippen molar-refractivity contribution in [1.82, 2.24) is 0 Å². The van der Waals surface area contributed by atoms with Crippen LogP contribution in [-0.2, 0) is 0 Å². The molecule has 0 atom stereocenters. The van der Waals surface area contributed by atoms with E-state index in [0.29, 0.717) is 10.6 Å². The van der Waals surface area contributed by atoms with E-state index in [1.807, 2.05) is 13.0 Å². The Bertz CT molecular complexity index is 395. The summed E-state index contributed by atoms with van der Waals surface area (Å²) >= 11 is 6.06. The van der Waals surface area contributed by atoms with Crippen molar-refractivity contribution in [3.05, 3.63) is 28.8 Å². The third kappa shape index (κ3) is 3.61. The smallest absolute Gasteiger partial charge is 0.124 e. The zero-order valence-corrected chi connectivity index (χ0v) is 10.7. The topological polar surface area (TPSA) is 73.3 Å². The highest BCUT2D eigenvalue weighted by molar-refractivity contribution is 6.34. The molecule has 0 aliphatic carbocycles. The number of hydrogen-bond donors (Lipinski definition) is 3. The van der Waals surface area contributed by atoms with E-state index in [1.54, 1.807) is 12.1 Å². The molecule has 4 N–H and O–H groups in total. The molecule has 0 aliphatic heterocycles. The van der Waals surface area contributed by atoms with Gasteiger partial charge in [-0.2, -0.15) is 0 Å². The van der Waals surface area contributed by atoms with Gasteiger partial charge >= 0.3 is 0 Å². The van der Waals surface area contributed by atoms with Gasteiger partial charge in [0.05, 0.1) is 5.02 Å². The van der Waals surface area contributed by atoms with E-state index < -0.39 is 0 Å². The maximum absolute atomic E-state index is 8.83. The van der Waals surface area contributed by atoms with Crippen LogP contribution in [0, 0.1) is 5.41 Å². The molecule has 0 saturated carbocycles. The van der Waals surface area contributed by atoms with Gasteiger partial charge in [-0.1, -0.05) is 11.6 Å². The van der Waals surface area contributed by atoms with Gasteiger partial charge in [-0.3, -0.25) is 5.41 Å². The maximum atomic E-state index is 8.83. The van der Waals surface area contributed by atoms with Gasteiger partial charge in [0.25, 0.3) is 0 Å². The Morgan fingerprint density at radius 2 is 2.24 bits per heavy atom. The summed E-state index contributed by atoms with van der Waals surface area (Å²) in [6, 6.07) is 5.45. The minimum absolute atomic E-state index is 0.0278. The van der Waals surface area contributed by atoms with Gasteiger partial charge in [0.15, 0.2) is 0 Å². The number of anilines is 1. The molecule has 0 saturated heterocycles. The first-order chi connectivity index (χ1) is 8.10. The Hall–Kier alpha value is -1.26. The Morgan fingerprint density at radius 3 is 2.71 bits per heavy atom. The van der Waals surface area contributed by atoms with Gasteiger partial charge < -0.3 is 15.7 Å². The molecule has 17 heavy (non-hydrogen) atoms. The number of aliphatic hydroxyl groups excluding tert-OH is 1. The number of nitrogens with one attached hydrogen (secondary N) is 1. The summed E-state index contributed by atoms with van der Waals surface area (Å²) < 4.78 is 0. The lowest BCUT2D eigenvalue weighted by Gasteiger charge is -2.23. The molecule has 0 radical (unpaired) electrons. The Balaban J connectivity index is 2.90. The zero-order chi connectivity index (χ0) is 12.8. The summed E-state index contributed by atoms with van der Waals surface area (Å²) in [5.41, 5.74) is 6.94. The minimum Gasteiger partial charge on any atom is -0.396 e. The zero-order valence-electron chi connectivity index (χ0n) is 9.91. The Kier molecular flexibility index (Phi) is 5.25. The van der Waals surface area contributed by atoms with Gasteiger partial charge in [0.1, 0.15) is 5.84 Å². The lowest BCUT2D eigenvalue weighted by molar-refractivity contribution is 0.289. The lowest BCUT2D eigenvalue weighted by atomic mass is 10.1. The first-order valence-corrected chi connectivity index (χ1v) is 5.97. The van der Waals surface area contributed by atoms with E-state index in [9.17, 15) is 0 Å². The molecular formula is C12H18ClN3O. The molecular weight excluding hydrogens is 238 g/mol. The fourth-order valence-corrected chi connectivity index (χ4v) is 1.93. The van der Waals surface area contributed by atoms with Gasteiger partial charge in [0.2, 0.25) is 0 Å². The Labute approximate surface area is 107 Å². The normalized spacial score (nSPS) is 10.3. The minimum atomic E-state index is -0.0278. The molecule has 4 nitrogen and oxygen atoms in total. The number of nitrogens with two attached hydrogens (primary N) is 1. The number of nitrogen functional groups attached to an aromatic ring is 1. The highest BCUT2D eigenvalue weighted by Crippen LogP contribution is 2.23. The predicted octanol–water partition coefficient (Wildman–Crippen LogP) is 1.83. The van der Waals surface area contributed by atoms with Crippen LogP contribution in [0.25, 0.3) is 0 Å². The van der Waals surface area contributed by atoms with Crippen LogP contribution < -0.4 is 10.6 Å². The second-order valence-electron chi connectivity index (χ2n) is 3.73. The lowest BCUT2D eigenvalue weighted by Crippen LogP contribution is -2.24. The number of amidine groups is 1. The van der Waals surface area contributed by atoms with Crippen molar-refractivity contribution in [3.8, 4) is 0 Å². The third-order valence-corrected chi connectivity index (χ3v) is 2.89. The highest BCUT2D eigenvalue weighted by Gasteiger charge is 2.08. The molecule has 0 spiro atoms. The number of aliphatic hydroxyl groups is 1. The summed E-state index contributed by atoms with van der Waals surface area (Å²) in [6.07, 6.45) is 0.722. The second kappa shape index (κ2) is 6.47. The SMILES string of the molecule is CCN(CCCO)c1ccc(C(=N)N)c(Cl)c1. The summed E-state index contributed by atoms with van der Waals surface area (Å²) in [5.74, 6) is -0.0278.